The molecule has 0 aromatic heterocycles. The first-order valence-corrected chi connectivity index (χ1v) is 12.4. The monoisotopic (exact) mass is 565 g/mol. The number of hydrogen-bond acceptors (Lipinski definition) is 7. The number of carbonyl (C=O) groups is 3. The van der Waals surface area contributed by atoms with Crippen molar-refractivity contribution in [1.29, 1.82) is 0 Å². The van der Waals surface area contributed by atoms with E-state index in [1.165, 1.54) is 12.1 Å². The Labute approximate surface area is 215 Å². The summed E-state index contributed by atoms with van der Waals surface area (Å²) in [6.07, 6.45) is 1.54. The number of ether oxygens (including phenoxy) is 3. The smallest absolute Gasteiger partial charge is 0.326 e. The molecule has 3 rings (SSSR count). The molecule has 0 saturated carbocycles. The van der Waals surface area contributed by atoms with Gasteiger partial charge in [0, 0.05) is 4.47 Å². The third kappa shape index (κ3) is 7.32. The molecule has 0 aliphatic carbocycles. The molecule has 35 heavy (non-hydrogen) atoms. The average Bonchev–Trinajstić information content (AvgIpc) is 3.01. The van der Waals surface area contributed by atoms with E-state index < -0.39 is 29.3 Å². The highest BCUT2D eigenvalue weighted by molar-refractivity contribution is 9.10. The van der Waals surface area contributed by atoms with Crippen molar-refractivity contribution < 1.29 is 33.0 Å². The first-order chi connectivity index (χ1) is 16.5. The standard InChI is InChI=1S/C25H25BrFNO6S/c1-5-32-19-10-16(18(26)12-20(19)33-14-15-7-6-8-17(27)9-15)11-21-23(30)28(24(31)35-21)13-22(29)34-25(2,3)4/h6-12H,5,13-14H2,1-4H3. The first kappa shape index (κ1) is 26.7. The lowest BCUT2D eigenvalue weighted by Gasteiger charge is -2.21. The van der Waals surface area contributed by atoms with Crippen LogP contribution >= 0.6 is 27.7 Å². The fraction of sp³-hybridized carbons (Fsp3) is 0.320. The number of imide groups is 1. The van der Waals surface area contributed by atoms with E-state index in [-0.39, 0.29) is 17.3 Å². The van der Waals surface area contributed by atoms with E-state index in [2.05, 4.69) is 15.9 Å². The number of amides is 2. The van der Waals surface area contributed by atoms with Crippen molar-refractivity contribution in [3.05, 3.63) is 62.7 Å². The molecule has 0 radical (unpaired) electrons. The molecule has 186 valence electrons. The van der Waals surface area contributed by atoms with Crippen LogP contribution in [0.2, 0.25) is 0 Å². The summed E-state index contributed by atoms with van der Waals surface area (Å²) in [7, 11) is 0. The van der Waals surface area contributed by atoms with Crippen LogP contribution in [0, 0.1) is 5.82 Å². The largest absolute Gasteiger partial charge is 0.490 e. The predicted octanol–water partition coefficient (Wildman–Crippen LogP) is 5.94. The molecule has 1 heterocycles. The highest BCUT2D eigenvalue weighted by Crippen LogP contribution is 2.38. The summed E-state index contributed by atoms with van der Waals surface area (Å²) < 4.78 is 30.8. The molecule has 0 bridgehead atoms. The lowest BCUT2D eigenvalue weighted by Crippen LogP contribution is -2.37. The average molecular weight is 566 g/mol. The maximum atomic E-state index is 13.5. The summed E-state index contributed by atoms with van der Waals surface area (Å²) in [5.41, 5.74) is 0.508. The Bertz CT molecular complexity index is 1180. The Morgan fingerprint density at radius 2 is 1.86 bits per heavy atom. The molecule has 1 saturated heterocycles. The Morgan fingerprint density at radius 1 is 1.14 bits per heavy atom. The number of carbonyl (C=O) groups excluding carboxylic acids is 3. The van der Waals surface area contributed by atoms with Crippen LogP contribution in [0.4, 0.5) is 9.18 Å². The summed E-state index contributed by atoms with van der Waals surface area (Å²) in [5.74, 6) is -0.749. The zero-order valence-electron chi connectivity index (χ0n) is 19.7. The van der Waals surface area contributed by atoms with Crippen molar-refractivity contribution in [1.82, 2.24) is 4.90 Å². The highest BCUT2D eigenvalue weighted by Gasteiger charge is 2.37. The lowest BCUT2D eigenvalue weighted by atomic mass is 10.1. The van der Waals surface area contributed by atoms with Crippen molar-refractivity contribution >= 4 is 50.9 Å². The van der Waals surface area contributed by atoms with Crippen LogP contribution < -0.4 is 9.47 Å². The van der Waals surface area contributed by atoms with Gasteiger partial charge in [-0.25, -0.2) is 4.39 Å². The van der Waals surface area contributed by atoms with Gasteiger partial charge in [0.15, 0.2) is 11.5 Å². The quantitative estimate of drug-likeness (QED) is 0.289. The van der Waals surface area contributed by atoms with E-state index in [9.17, 15) is 18.8 Å². The van der Waals surface area contributed by atoms with Crippen LogP contribution in [-0.4, -0.2) is 40.8 Å². The van der Waals surface area contributed by atoms with E-state index in [0.29, 0.717) is 33.7 Å². The maximum absolute atomic E-state index is 13.5. The van der Waals surface area contributed by atoms with Gasteiger partial charge in [-0.15, -0.1) is 0 Å². The second kappa shape index (κ2) is 11.3. The third-order valence-corrected chi connectivity index (χ3v) is 6.11. The zero-order chi connectivity index (χ0) is 25.8. The summed E-state index contributed by atoms with van der Waals surface area (Å²) >= 11 is 4.21. The highest BCUT2D eigenvalue weighted by atomic mass is 79.9. The molecule has 7 nitrogen and oxygen atoms in total. The summed E-state index contributed by atoms with van der Waals surface area (Å²) in [4.78, 5) is 38.3. The third-order valence-electron chi connectivity index (χ3n) is 4.51. The van der Waals surface area contributed by atoms with Gasteiger partial charge in [-0.3, -0.25) is 19.3 Å². The number of benzene rings is 2. The van der Waals surface area contributed by atoms with Gasteiger partial charge in [0.25, 0.3) is 11.1 Å². The van der Waals surface area contributed by atoms with Crippen LogP contribution in [0.1, 0.15) is 38.8 Å². The van der Waals surface area contributed by atoms with Crippen LogP contribution in [0.15, 0.2) is 45.8 Å². The topological polar surface area (TPSA) is 82.1 Å². The second-order valence-corrected chi connectivity index (χ2v) is 10.4. The van der Waals surface area contributed by atoms with Gasteiger partial charge >= 0.3 is 5.97 Å². The summed E-state index contributed by atoms with van der Waals surface area (Å²) in [5, 5.41) is -0.552. The minimum absolute atomic E-state index is 0.132. The van der Waals surface area contributed by atoms with Crippen molar-refractivity contribution in [2.45, 2.75) is 39.9 Å². The van der Waals surface area contributed by atoms with Gasteiger partial charge in [0.05, 0.1) is 11.5 Å². The van der Waals surface area contributed by atoms with Crippen LogP contribution in [-0.2, 0) is 20.9 Å². The van der Waals surface area contributed by atoms with Gasteiger partial charge in [-0.1, -0.05) is 28.1 Å². The Hall–Kier alpha value is -2.85. The predicted molar refractivity (Wildman–Crippen MR) is 135 cm³/mol. The molecule has 1 aliphatic heterocycles. The molecule has 10 heteroatoms. The molecule has 2 aromatic carbocycles. The second-order valence-electron chi connectivity index (χ2n) is 8.53. The number of halogens is 2. The Kier molecular flexibility index (Phi) is 8.60. The molecular formula is C25H25BrFNO6S. The minimum Gasteiger partial charge on any atom is -0.490 e. The minimum atomic E-state index is -0.728. The molecule has 0 unspecified atom stereocenters. The van der Waals surface area contributed by atoms with Crippen LogP contribution in [0.25, 0.3) is 6.08 Å². The van der Waals surface area contributed by atoms with Gasteiger partial charge in [0.2, 0.25) is 0 Å². The fourth-order valence-electron chi connectivity index (χ4n) is 3.11. The molecule has 1 aliphatic rings. The number of esters is 1. The fourth-order valence-corrected chi connectivity index (χ4v) is 4.38. The molecular weight excluding hydrogens is 541 g/mol. The number of rotatable bonds is 8. The Morgan fingerprint density at radius 3 is 2.51 bits per heavy atom. The van der Waals surface area contributed by atoms with E-state index in [0.717, 1.165) is 16.7 Å². The van der Waals surface area contributed by atoms with E-state index in [4.69, 9.17) is 14.2 Å². The van der Waals surface area contributed by atoms with Crippen molar-refractivity contribution in [3.63, 3.8) is 0 Å². The molecule has 2 aromatic rings. The van der Waals surface area contributed by atoms with E-state index in [1.54, 1.807) is 51.1 Å². The van der Waals surface area contributed by atoms with Crippen molar-refractivity contribution in [2.75, 3.05) is 13.2 Å². The molecule has 1 fully saturated rings. The van der Waals surface area contributed by atoms with Gasteiger partial charge in [0.1, 0.15) is 24.6 Å². The number of thioether (sulfide) groups is 1. The SMILES string of the molecule is CCOc1cc(C=C2SC(=O)N(CC(=O)OC(C)(C)C)C2=O)c(Br)cc1OCc1cccc(F)c1. The molecule has 2 amide bonds. The first-order valence-electron chi connectivity index (χ1n) is 10.8. The van der Waals surface area contributed by atoms with Crippen molar-refractivity contribution in [3.8, 4) is 11.5 Å². The molecule has 0 atom stereocenters. The number of nitrogens with zero attached hydrogens (tertiary/aromatic N) is 1. The van der Waals surface area contributed by atoms with Crippen molar-refractivity contribution in [2.24, 2.45) is 0 Å². The number of hydrogen-bond donors (Lipinski definition) is 0. The molecule has 0 spiro atoms. The maximum Gasteiger partial charge on any atom is 0.326 e. The van der Waals surface area contributed by atoms with Gasteiger partial charge in [-0.05, 0) is 80.9 Å². The van der Waals surface area contributed by atoms with E-state index >= 15 is 0 Å². The zero-order valence-corrected chi connectivity index (χ0v) is 22.1. The van der Waals surface area contributed by atoms with Crippen LogP contribution in [0.3, 0.4) is 0 Å². The summed E-state index contributed by atoms with van der Waals surface area (Å²) in [6, 6.07) is 9.46. The lowest BCUT2D eigenvalue weighted by molar-refractivity contribution is -0.156. The molecule has 0 N–H and O–H groups in total. The van der Waals surface area contributed by atoms with E-state index in [1.807, 2.05) is 6.92 Å². The van der Waals surface area contributed by atoms with Gasteiger partial charge < -0.3 is 14.2 Å². The van der Waals surface area contributed by atoms with Crippen LogP contribution in [0.5, 0.6) is 11.5 Å². The Balaban J connectivity index is 1.80. The summed E-state index contributed by atoms with van der Waals surface area (Å²) in [6.45, 7) is 6.97. The van der Waals surface area contributed by atoms with Gasteiger partial charge in [-0.2, -0.15) is 0 Å². The normalized spacial score (nSPS) is 15.0.